The minimum absolute atomic E-state index is 0.0202. The molecule has 0 bridgehead atoms. The number of carboxylic acids is 1. The molecule has 1 aromatic carbocycles. The zero-order chi connectivity index (χ0) is 14.5. The van der Waals surface area contributed by atoms with Crippen molar-refractivity contribution in [3.63, 3.8) is 0 Å². The zero-order valence-corrected chi connectivity index (χ0v) is 10.5. The summed E-state index contributed by atoms with van der Waals surface area (Å²) >= 11 is 0. The highest BCUT2D eigenvalue weighted by Gasteiger charge is 2.02. The molecule has 20 heavy (non-hydrogen) atoms. The van der Waals surface area contributed by atoms with Gasteiger partial charge in [0.05, 0.1) is 12.2 Å². The number of carbonyl (C=O) groups excluding carboxylic acids is 1. The van der Waals surface area contributed by atoms with E-state index >= 15 is 0 Å². The molecule has 0 saturated carbocycles. The normalized spacial score (nSPS) is 10.7. The molecule has 0 aliphatic carbocycles. The van der Waals surface area contributed by atoms with Crippen molar-refractivity contribution in [2.75, 3.05) is 5.43 Å². The third-order valence-electron chi connectivity index (χ3n) is 2.43. The Morgan fingerprint density at radius 1 is 1.45 bits per heavy atom. The van der Waals surface area contributed by atoms with Crippen molar-refractivity contribution in [1.29, 1.82) is 0 Å². The lowest BCUT2D eigenvalue weighted by Crippen LogP contribution is -2.23. The second kappa shape index (κ2) is 5.74. The number of carboxylic acid groups (broad SMARTS) is 1. The Labute approximate surface area is 113 Å². The Morgan fingerprint density at radius 3 is 2.95 bits per heavy atom. The van der Waals surface area contributed by atoms with Crippen LogP contribution in [0.1, 0.15) is 21.6 Å². The summed E-state index contributed by atoms with van der Waals surface area (Å²) in [5.41, 5.74) is 2.77. The lowest BCUT2D eigenvalue weighted by atomic mass is 10.1. The lowest BCUT2D eigenvalue weighted by Gasteiger charge is -2.06. The van der Waals surface area contributed by atoms with Crippen LogP contribution in [0.15, 0.2) is 34.2 Å². The number of aryl methyl sites for hydroxylation is 1. The highest BCUT2D eigenvalue weighted by molar-refractivity contribution is 5.97. The van der Waals surface area contributed by atoms with Gasteiger partial charge in [-0.2, -0.15) is 15.2 Å². The van der Waals surface area contributed by atoms with Crippen molar-refractivity contribution >= 4 is 18.0 Å². The van der Waals surface area contributed by atoms with Gasteiger partial charge in [0.2, 0.25) is 0 Å². The number of aromatic nitrogens is 3. The van der Waals surface area contributed by atoms with E-state index in [2.05, 4.69) is 25.7 Å². The summed E-state index contributed by atoms with van der Waals surface area (Å²) in [4.78, 5) is 25.5. The molecule has 0 spiro atoms. The van der Waals surface area contributed by atoms with E-state index in [-0.39, 0.29) is 11.4 Å². The molecule has 0 atom stereocenters. The van der Waals surface area contributed by atoms with Crippen LogP contribution in [-0.2, 0) is 0 Å². The van der Waals surface area contributed by atoms with Gasteiger partial charge in [0, 0.05) is 11.1 Å². The maximum absolute atomic E-state index is 11.0. The predicted molar refractivity (Wildman–Crippen MR) is 69.4 cm³/mol. The van der Waals surface area contributed by atoms with Crippen LogP contribution in [0.5, 0.6) is 0 Å². The Balaban J connectivity index is 2.21. The highest BCUT2D eigenvalue weighted by atomic mass is 16.4. The molecule has 8 nitrogen and oxygen atoms in total. The van der Waals surface area contributed by atoms with Gasteiger partial charge in [-0.3, -0.25) is 5.43 Å². The van der Waals surface area contributed by atoms with Gasteiger partial charge in [-0.1, -0.05) is 24.3 Å². The van der Waals surface area contributed by atoms with Gasteiger partial charge in [-0.25, -0.2) is 9.89 Å². The number of aromatic carboxylic acids is 1. The van der Waals surface area contributed by atoms with E-state index in [9.17, 15) is 14.7 Å². The van der Waals surface area contributed by atoms with Crippen molar-refractivity contribution in [1.82, 2.24) is 15.2 Å². The first-order chi connectivity index (χ1) is 9.58. The van der Waals surface area contributed by atoms with E-state index in [0.717, 1.165) is 0 Å². The number of nitrogens with one attached hydrogen (secondary N) is 2. The van der Waals surface area contributed by atoms with Crippen LogP contribution < -0.4 is 16.2 Å². The second-order valence-corrected chi connectivity index (χ2v) is 3.82. The van der Waals surface area contributed by atoms with Crippen LogP contribution in [0, 0.1) is 6.92 Å². The summed E-state index contributed by atoms with van der Waals surface area (Å²) in [6.07, 6.45) is 1.30. The summed E-state index contributed by atoms with van der Waals surface area (Å²) in [5.74, 6) is -1.10. The number of carbonyl (C=O) groups is 1. The third kappa shape index (κ3) is 3.05. The van der Waals surface area contributed by atoms with Crippen molar-refractivity contribution in [3.8, 4) is 0 Å². The molecule has 2 N–H and O–H groups in total. The molecule has 0 unspecified atom stereocenters. The highest BCUT2D eigenvalue weighted by Crippen LogP contribution is 2.06. The molecule has 102 valence electrons. The molecule has 1 aromatic heterocycles. The van der Waals surface area contributed by atoms with Crippen molar-refractivity contribution < 1.29 is 9.90 Å². The number of hydrogen-bond acceptors (Lipinski definition) is 7. The minimum atomic E-state index is -1.29. The van der Waals surface area contributed by atoms with Gasteiger partial charge in [0.25, 0.3) is 0 Å². The molecule has 0 aliphatic heterocycles. The molecule has 0 aliphatic rings. The molecule has 2 rings (SSSR count). The van der Waals surface area contributed by atoms with Gasteiger partial charge in [0.15, 0.2) is 5.82 Å². The molecule has 0 fully saturated rings. The molecular formula is C12H10N5O3-. The maximum Gasteiger partial charge on any atom is 0.363 e. The van der Waals surface area contributed by atoms with Gasteiger partial charge >= 0.3 is 5.69 Å². The van der Waals surface area contributed by atoms with Crippen LogP contribution in [0.2, 0.25) is 0 Å². The summed E-state index contributed by atoms with van der Waals surface area (Å²) in [5, 5.41) is 20.6. The first kappa shape index (κ1) is 13.4. The standard InChI is InChI=1S/C12H11N5O3/c1-7-10(14-12(20)17-15-7)16-13-6-8-4-2-3-5-9(8)11(18)19/h2-6H,1H3,(H,18,19)(H2,14,16,17,20)/p-1/b13-6-. The molecule has 0 amide bonds. The van der Waals surface area contributed by atoms with Crippen LogP contribution in [0.3, 0.4) is 0 Å². The fraction of sp³-hybridized carbons (Fsp3) is 0.0833. The van der Waals surface area contributed by atoms with Crippen LogP contribution in [-0.4, -0.2) is 27.4 Å². The van der Waals surface area contributed by atoms with Crippen molar-refractivity contribution in [2.45, 2.75) is 6.92 Å². The van der Waals surface area contributed by atoms with Gasteiger partial charge < -0.3 is 9.90 Å². The fourth-order valence-electron chi connectivity index (χ4n) is 1.46. The zero-order valence-electron chi connectivity index (χ0n) is 10.5. The van der Waals surface area contributed by atoms with E-state index in [0.29, 0.717) is 11.3 Å². The first-order valence-electron chi connectivity index (χ1n) is 5.60. The number of benzene rings is 1. The molecule has 2 aromatic rings. The van der Waals surface area contributed by atoms with Crippen molar-refractivity contribution in [3.05, 3.63) is 51.6 Å². The summed E-state index contributed by atoms with van der Waals surface area (Å²) < 4.78 is 0. The number of nitrogens with zero attached hydrogens (tertiary/aromatic N) is 3. The summed E-state index contributed by atoms with van der Waals surface area (Å²) in [6.45, 7) is 1.63. The van der Waals surface area contributed by atoms with E-state index in [1.807, 2.05) is 0 Å². The van der Waals surface area contributed by atoms with Gasteiger partial charge in [-0.05, 0) is 6.92 Å². The van der Waals surface area contributed by atoms with Crippen molar-refractivity contribution in [2.24, 2.45) is 5.10 Å². The smallest absolute Gasteiger partial charge is 0.363 e. The number of hydrazone groups is 1. The number of H-pyrrole nitrogens is 1. The number of anilines is 1. The van der Waals surface area contributed by atoms with Crippen LogP contribution >= 0.6 is 0 Å². The number of aromatic amines is 1. The fourth-order valence-corrected chi connectivity index (χ4v) is 1.46. The Hall–Kier alpha value is -3.03. The quantitative estimate of drug-likeness (QED) is 0.559. The average Bonchev–Trinajstić information content (AvgIpc) is 2.43. The van der Waals surface area contributed by atoms with Crippen LogP contribution in [0.4, 0.5) is 5.82 Å². The Morgan fingerprint density at radius 2 is 2.20 bits per heavy atom. The van der Waals surface area contributed by atoms with E-state index in [1.54, 1.807) is 25.1 Å². The van der Waals surface area contributed by atoms with E-state index < -0.39 is 11.7 Å². The molecule has 1 heterocycles. The van der Waals surface area contributed by atoms with Crippen LogP contribution in [0.25, 0.3) is 0 Å². The maximum atomic E-state index is 11.0. The lowest BCUT2D eigenvalue weighted by molar-refractivity contribution is -0.255. The SMILES string of the molecule is Cc1n[nH]c(=O)nc1N/N=C\c1ccccc1C(=O)[O-]. The minimum Gasteiger partial charge on any atom is -0.545 e. The monoisotopic (exact) mass is 272 g/mol. The van der Waals surface area contributed by atoms with Gasteiger partial charge in [0.1, 0.15) is 5.69 Å². The molecular weight excluding hydrogens is 262 g/mol. The molecule has 0 radical (unpaired) electrons. The Bertz CT molecular complexity index is 723. The average molecular weight is 272 g/mol. The number of rotatable bonds is 4. The second-order valence-electron chi connectivity index (χ2n) is 3.82. The Kier molecular flexibility index (Phi) is 3.85. The summed E-state index contributed by atoms with van der Waals surface area (Å²) in [7, 11) is 0. The van der Waals surface area contributed by atoms with E-state index in [4.69, 9.17) is 0 Å². The molecule has 8 heteroatoms. The van der Waals surface area contributed by atoms with E-state index in [1.165, 1.54) is 12.3 Å². The predicted octanol–water partition coefficient (Wildman–Crippen LogP) is -0.717. The third-order valence-corrected chi connectivity index (χ3v) is 2.43. The largest absolute Gasteiger partial charge is 0.545 e. The summed E-state index contributed by atoms with van der Waals surface area (Å²) in [6, 6.07) is 6.25. The molecule has 0 saturated heterocycles. The van der Waals surface area contributed by atoms with Gasteiger partial charge in [-0.15, -0.1) is 0 Å². The first-order valence-corrected chi connectivity index (χ1v) is 5.60. The topological polar surface area (TPSA) is 123 Å². The number of hydrogen-bond donors (Lipinski definition) is 2.